The highest BCUT2D eigenvalue weighted by atomic mass is 32.2. The van der Waals surface area contributed by atoms with Gasteiger partial charge in [0.05, 0.1) is 12.6 Å². The van der Waals surface area contributed by atoms with E-state index < -0.39 is 0 Å². The fourth-order valence-corrected chi connectivity index (χ4v) is 0.804. The van der Waals surface area contributed by atoms with Crippen LogP contribution in [0.5, 0.6) is 0 Å². The summed E-state index contributed by atoms with van der Waals surface area (Å²) in [6.45, 7) is 0.626. The number of aliphatic imine (C=N–C) groups is 1. The van der Waals surface area contributed by atoms with Gasteiger partial charge in [-0.05, 0) is 0 Å². The van der Waals surface area contributed by atoms with Crippen LogP contribution in [-0.2, 0) is 0 Å². The summed E-state index contributed by atoms with van der Waals surface area (Å²) in [4.78, 5) is 3.73. The highest BCUT2D eigenvalue weighted by molar-refractivity contribution is 8.13. The zero-order valence-corrected chi connectivity index (χ0v) is 4.40. The minimum atomic E-state index is 0.0417. The molecule has 1 radical (unpaired) electrons. The third-order valence-electron chi connectivity index (χ3n) is 0.661. The first kappa shape index (κ1) is 4.66. The van der Waals surface area contributed by atoms with Crippen molar-refractivity contribution in [3.63, 3.8) is 0 Å². The van der Waals surface area contributed by atoms with Crippen LogP contribution in [0.15, 0.2) is 4.99 Å². The monoisotopic (exact) mass is 111 g/mol. The van der Waals surface area contributed by atoms with Crippen LogP contribution in [0.2, 0.25) is 0 Å². The van der Waals surface area contributed by atoms with E-state index in [1.54, 1.807) is 0 Å². The Balaban J connectivity index is 2.39. The molecule has 2 nitrogen and oxygen atoms in total. The topological polar surface area (TPSA) is 36.1 Å². The predicted octanol–water partition coefficient (Wildman–Crippen LogP) is 0.531. The molecule has 0 fully saturated rings. The lowest BCUT2D eigenvalue weighted by molar-refractivity contribution is 1.06. The molecule has 1 aliphatic rings. The van der Waals surface area contributed by atoms with Crippen molar-refractivity contribution in [2.45, 2.75) is 5.25 Å². The van der Waals surface area contributed by atoms with Crippen molar-refractivity contribution < 1.29 is 0 Å². The van der Waals surface area contributed by atoms with E-state index in [1.807, 2.05) is 0 Å². The van der Waals surface area contributed by atoms with Gasteiger partial charge in [0.2, 0.25) is 0 Å². The quantitative estimate of drug-likeness (QED) is 0.457. The normalized spacial score (nSPS) is 27.6. The Morgan fingerprint density at radius 2 is 2.86 bits per heavy atom. The van der Waals surface area contributed by atoms with Gasteiger partial charge in [-0.15, -0.1) is 0 Å². The van der Waals surface area contributed by atoms with E-state index in [0.29, 0.717) is 6.54 Å². The molecule has 0 amide bonds. The lowest BCUT2D eigenvalue weighted by atomic mass is 10.5. The second-order valence-corrected chi connectivity index (χ2v) is 2.15. The standard InChI is InChI=1S/C4H3N2S/c5-1-4-2-6-3-7-4/h4H,2H2. The summed E-state index contributed by atoms with van der Waals surface area (Å²) >= 11 is 1.36. The fourth-order valence-electron chi connectivity index (χ4n) is 0.326. The number of nitrogens with zero attached hydrogens (tertiary/aromatic N) is 2. The first-order valence-electron chi connectivity index (χ1n) is 1.90. The van der Waals surface area contributed by atoms with Crippen LogP contribution in [0.3, 0.4) is 0 Å². The molecule has 0 aliphatic carbocycles. The zero-order valence-electron chi connectivity index (χ0n) is 3.59. The molecule has 1 unspecified atom stereocenters. The molecule has 0 bridgehead atoms. The van der Waals surface area contributed by atoms with Crippen molar-refractivity contribution >= 4 is 17.3 Å². The van der Waals surface area contributed by atoms with Crippen molar-refractivity contribution in [1.29, 1.82) is 5.26 Å². The molecule has 1 heterocycles. The van der Waals surface area contributed by atoms with Gasteiger partial charge in [-0.2, -0.15) is 5.26 Å². The van der Waals surface area contributed by atoms with Crippen LogP contribution in [0, 0.1) is 11.3 Å². The van der Waals surface area contributed by atoms with Gasteiger partial charge < -0.3 is 0 Å². The van der Waals surface area contributed by atoms with Crippen molar-refractivity contribution in [2.75, 3.05) is 6.54 Å². The van der Waals surface area contributed by atoms with E-state index in [2.05, 4.69) is 16.6 Å². The van der Waals surface area contributed by atoms with Gasteiger partial charge in [0.15, 0.2) is 0 Å². The van der Waals surface area contributed by atoms with E-state index in [-0.39, 0.29) is 5.25 Å². The summed E-state index contributed by atoms with van der Waals surface area (Å²) in [6.07, 6.45) is 0. The summed E-state index contributed by atoms with van der Waals surface area (Å²) in [5.41, 5.74) is 2.64. The van der Waals surface area contributed by atoms with Crippen molar-refractivity contribution in [1.82, 2.24) is 0 Å². The Bertz CT molecular complexity index is 116. The van der Waals surface area contributed by atoms with Crippen LogP contribution >= 0.6 is 11.8 Å². The molecule has 0 aromatic rings. The summed E-state index contributed by atoms with van der Waals surface area (Å²) in [5, 5.41) is 8.24. The number of nitriles is 1. The molecule has 7 heavy (non-hydrogen) atoms. The molecule has 1 rings (SSSR count). The van der Waals surface area contributed by atoms with Gasteiger partial charge >= 0.3 is 0 Å². The molecule has 0 saturated heterocycles. The van der Waals surface area contributed by atoms with Gasteiger partial charge in [0, 0.05) is 0 Å². The first-order valence-corrected chi connectivity index (χ1v) is 2.78. The smallest absolute Gasteiger partial charge is 0.124 e. The van der Waals surface area contributed by atoms with Gasteiger partial charge in [-0.3, -0.25) is 4.99 Å². The Hall–Kier alpha value is -0.490. The average molecular weight is 111 g/mol. The molecule has 0 saturated carbocycles. The maximum Gasteiger partial charge on any atom is 0.124 e. The average Bonchev–Trinajstić information content (AvgIpc) is 2.14. The molecular weight excluding hydrogens is 108 g/mol. The Kier molecular flexibility index (Phi) is 1.32. The van der Waals surface area contributed by atoms with Crippen LogP contribution in [-0.4, -0.2) is 17.3 Å². The van der Waals surface area contributed by atoms with E-state index in [0.717, 1.165) is 0 Å². The summed E-state index contributed by atoms with van der Waals surface area (Å²) in [5.74, 6) is 0. The number of hydrogen-bond donors (Lipinski definition) is 0. The third-order valence-corrected chi connectivity index (χ3v) is 1.43. The Morgan fingerprint density at radius 1 is 2.00 bits per heavy atom. The molecule has 1 atom stereocenters. The van der Waals surface area contributed by atoms with Crippen LogP contribution < -0.4 is 0 Å². The maximum absolute atomic E-state index is 8.20. The van der Waals surface area contributed by atoms with Crippen molar-refractivity contribution in [3.8, 4) is 6.07 Å². The Labute approximate surface area is 46.2 Å². The van der Waals surface area contributed by atoms with E-state index in [4.69, 9.17) is 5.26 Å². The largest absolute Gasteiger partial charge is 0.273 e. The second-order valence-electron chi connectivity index (χ2n) is 1.17. The van der Waals surface area contributed by atoms with E-state index in [9.17, 15) is 0 Å². The lowest BCUT2D eigenvalue weighted by Gasteiger charge is -1.85. The molecule has 3 heteroatoms. The molecule has 35 valence electrons. The van der Waals surface area contributed by atoms with E-state index in [1.165, 1.54) is 11.8 Å². The highest BCUT2D eigenvalue weighted by Gasteiger charge is 2.09. The number of rotatable bonds is 0. The molecule has 1 aliphatic heterocycles. The number of thioether (sulfide) groups is 1. The summed E-state index contributed by atoms with van der Waals surface area (Å²) in [6, 6.07) is 2.07. The SMILES string of the molecule is N#CC1CN=[C]S1. The third kappa shape index (κ3) is 0.937. The molecule has 0 aromatic heterocycles. The van der Waals surface area contributed by atoms with Crippen LogP contribution in [0.4, 0.5) is 0 Å². The Morgan fingerprint density at radius 3 is 3.14 bits per heavy atom. The van der Waals surface area contributed by atoms with Crippen molar-refractivity contribution in [3.05, 3.63) is 0 Å². The zero-order chi connectivity index (χ0) is 5.11. The molecule has 0 aromatic carbocycles. The van der Waals surface area contributed by atoms with E-state index >= 15 is 0 Å². The lowest BCUT2D eigenvalue weighted by Crippen LogP contribution is -1.95. The number of hydrogen-bond acceptors (Lipinski definition) is 3. The first-order chi connectivity index (χ1) is 3.43. The minimum Gasteiger partial charge on any atom is -0.273 e. The fraction of sp³-hybridized carbons (Fsp3) is 0.500. The highest BCUT2D eigenvalue weighted by Crippen LogP contribution is 2.12. The second kappa shape index (κ2) is 1.99. The summed E-state index contributed by atoms with van der Waals surface area (Å²) < 4.78 is 0. The maximum atomic E-state index is 8.20. The summed E-state index contributed by atoms with van der Waals surface area (Å²) in [7, 11) is 0. The van der Waals surface area contributed by atoms with Gasteiger partial charge in [0.1, 0.15) is 10.8 Å². The van der Waals surface area contributed by atoms with Gasteiger partial charge in [0.25, 0.3) is 0 Å². The molecule has 0 spiro atoms. The minimum absolute atomic E-state index is 0.0417. The van der Waals surface area contributed by atoms with Gasteiger partial charge in [-0.25, -0.2) is 0 Å². The van der Waals surface area contributed by atoms with Crippen LogP contribution in [0.25, 0.3) is 0 Å². The van der Waals surface area contributed by atoms with Gasteiger partial charge in [-0.1, -0.05) is 11.8 Å². The van der Waals surface area contributed by atoms with Crippen LogP contribution in [0.1, 0.15) is 0 Å². The van der Waals surface area contributed by atoms with Crippen molar-refractivity contribution in [2.24, 2.45) is 4.99 Å². The predicted molar refractivity (Wildman–Crippen MR) is 29.3 cm³/mol. The molecular formula is C4H3N2S. The molecule has 0 N–H and O–H groups in total.